The van der Waals surface area contributed by atoms with Gasteiger partial charge in [-0.15, -0.1) is 0 Å². The molecule has 1 aliphatic heterocycles. The highest BCUT2D eigenvalue weighted by molar-refractivity contribution is 5.50. The lowest BCUT2D eigenvalue weighted by molar-refractivity contribution is 0.348. The molecule has 1 fully saturated rings. The third kappa shape index (κ3) is 2.61. The van der Waals surface area contributed by atoms with Crippen molar-refractivity contribution >= 4 is 0 Å². The Morgan fingerprint density at radius 2 is 2.11 bits per heavy atom. The molecular formula is C15H23NO2. The van der Waals surface area contributed by atoms with Crippen molar-refractivity contribution in [3.63, 3.8) is 0 Å². The van der Waals surface area contributed by atoms with Crippen LogP contribution in [0, 0.1) is 0 Å². The second-order valence-corrected chi connectivity index (χ2v) is 5.32. The zero-order chi connectivity index (χ0) is 13.1. The molecule has 1 unspecified atom stereocenters. The van der Waals surface area contributed by atoms with Crippen molar-refractivity contribution in [1.29, 1.82) is 0 Å². The van der Waals surface area contributed by atoms with E-state index in [1.807, 2.05) is 6.07 Å². The van der Waals surface area contributed by atoms with Gasteiger partial charge in [0.25, 0.3) is 0 Å². The molecule has 1 aromatic carbocycles. The fourth-order valence-electron chi connectivity index (χ4n) is 2.59. The Labute approximate surface area is 109 Å². The summed E-state index contributed by atoms with van der Waals surface area (Å²) in [5, 5.41) is 13.6. The van der Waals surface area contributed by atoms with Crippen LogP contribution in [0.25, 0.3) is 0 Å². The predicted octanol–water partition coefficient (Wildman–Crippen LogP) is 3.34. The number of ether oxygens (including phenoxy) is 1. The molecule has 0 radical (unpaired) electrons. The molecule has 1 saturated heterocycles. The molecule has 100 valence electrons. The van der Waals surface area contributed by atoms with E-state index in [9.17, 15) is 5.11 Å². The molecule has 1 aromatic rings. The van der Waals surface area contributed by atoms with E-state index in [1.165, 1.54) is 12.8 Å². The lowest BCUT2D eigenvalue weighted by atomic mass is 9.92. The molecule has 2 N–H and O–H groups in total. The summed E-state index contributed by atoms with van der Waals surface area (Å²) >= 11 is 0. The molecule has 2 rings (SSSR count). The van der Waals surface area contributed by atoms with Gasteiger partial charge in [-0.05, 0) is 43.0 Å². The van der Waals surface area contributed by atoms with Crippen LogP contribution < -0.4 is 10.1 Å². The molecule has 0 spiro atoms. The van der Waals surface area contributed by atoms with Crippen LogP contribution >= 0.6 is 0 Å². The van der Waals surface area contributed by atoms with E-state index in [0.717, 1.165) is 24.1 Å². The van der Waals surface area contributed by atoms with Gasteiger partial charge in [0.2, 0.25) is 0 Å². The standard InChI is InChI=1S/C15H23NO2/c1-10(2)11-8-12(13-6-4-5-7-16-13)15(18-3)14(17)9-11/h8-10,13,16-17H,4-7H2,1-3H3. The van der Waals surface area contributed by atoms with Crippen LogP contribution in [0.1, 0.15) is 56.2 Å². The number of phenols is 1. The van der Waals surface area contributed by atoms with Crippen molar-refractivity contribution < 1.29 is 9.84 Å². The third-order valence-corrected chi connectivity index (χ3v) is 3.68. The van der Waals surface area contributed by atoms with Crippen LogP contribution in [0.3, 0.4) is 0 Å². The third-order valence-electron chi connectivity index (χ3n) is 3.68. The molecule has 1 atom stereocenters. The summed E-state index contributed by atoms with van der Waals surface area (Å²) in [4.78, 5) is 0. The van der Waals surface area contributed by atoms with Crippen LogP contribution in [0.2, 0.25) is 0 Å². The van der Waals surface area contributed by atoms with Gasteiger partial charge in [-0.3, -0.25) is 0 Å². The first-order valence-electron chi connectivity index (χ1n) is 6.77. The van der Waals surface area contributed by atoms with Crippen LogP contribution in [0.5, 0.6) is 11.5 Å². The average Bonchev–Trinajstić information content (AvgIpc) is 2.38. The Morgan fingerprint density at radius 1 is 1.33 bits per heavy atom. The predicted molar refractivity (Wildman–Crippen MR) is 73.3 cm³/mol. The SMILES string of the molecule is COc1c(O)cc(C(C)C)cc1C1CCCCN1. The number of hydrogen-bond donors (Lipinski definition) is 2. The number of methoxy groups -OCH3 is 1. The summed E-state index contributed by atoms with van der Waals surface area (Å²) in [6.07, 6.45) is 3.57. The average molecular weight is 249 g/mol. The minimum atomic E-state index is 0.256. The molecule has 3 nitrogen and oxygen atoms in total. The van der Waals surface area contributed by atoms with E-state index >= 15 is 0 Å². The summed E-state index contributed by atoms with van der Waals surface area (Å²) in [5.74, 6) is 1.29. The van der Waals surface area contributed by atoms with E-state index < -0.39 is 0 Å². The van der Waals surface area contributed by atoms with E-state index in [0.29, 0.717) is 17.7 Å². The Hall–Kier alpha value is -1.22. The van der Waals surface area contributed by atoms with Crippen LogP contribution in [0.15, 0.2) is 12.1 Å². The molecule has 0 saturated carbocycles. The fourth-order valence-corrected chi connectivity index (χ4v) is 2.59. The summed E-state index contributed by atoms with van der Waals surface area (Å²) in [6, 6.07) is 4.29. The summed E-state index contributed by atoms with van der Waals surface area (Å²) in [7, 11) is 1.62. The topological polar surface area (TPSA) is 41.5 Å². The first kappa shape index (κ1) is 13.2. The van der Waals surface area contributed by atoms with Gasteiger partial charge < -0.3 is 15.2 Å². The van der Waals surface area contributed by atoms with Crippen molar-refractivity contribution in [2.24, 2.45) is 0 Å². The van der Waals surface area contributed by atoms with Crippen molar-refractivity contribution in [1.82, 2.24) is 5.32 Å². The molecule has 0 bridgehead atoms. The van der Waals surface area contributed by atoms with Crippen LogP contribution in [-0.2, 0) is 0 Å². The van der Waals surface area contributed by atoms with Gasteiger partial charge in [-0.1, -0.05) is 20.3 Å². The molecular weight excluding hydrogens is 226 g/mol. The Morgan fingerprint density at radius 3 is 2.67 bits per heavy atom. The van der Waals surface area contributed by atoms with Gasteiger partial charge in [-0.2, -0.15) is 0 Å². The number of rotatable bonds is 3. The highest BCUT2D eigenvalue weighted by Gasteiger charge is 2.22. The zero-order valence-electron chi connectivity index (χ0n) is 11.5. The maximum Gasteiger partial charge on any atom is 0.165 e. The minimum Gasteiger partial charge on any atom is -0.504 e. The number of hydrogen-bond acceptors (Lipinski definition) is 3. The lowest BCUT2D eigenvalue weighted by Gasteiger charge is -2.26. The number of benzene rings is 1. The number of nitrogens with one attached hydrogen (secondary N) is 1. The first-order valence-corrected chi connectivity index (χ1v) is 6.77. The van der Waals surface area contributed by atoms with Crippen molar-refractivity contribution in [3.8, 4) is 11.5 Å². The smallest absolute Gasteiger partial charge is 0.165 e. The highest BCUT2D eigenvalue weighted by Crippen LogP contribution is 2.39. The quantitative estimate of drug-likeness (QED) is 0.863. The van der Waals surface area contributed by atoms with Gasteiger partial charge in [0.05, 0.1) is 7.11 Å². The maximum atomic E-state index is 10.1. The molecule has 1 aliphatic rings. The number of piperidine rings is 1. The van der Waals surface area contributed by atoms with E-state index in [-0.39, 0.29) is 5.75 Å². The normalized spacial score (nSPS) is 20.1. The van der Waals surface area contributed by atoms with Gasteiger partial charge in [0, 0.05) is 11.6 Å². The Kier molecular flexibility index (Phi) is 4.12. The number of phenolic OH excluding ortho intramolecular Hbond substituents is 1. The fraction of sp³-hybridized carbons (Fsp3) is 0.600. The Bertz CT molecular complexity index is 409. The van der Waals surface area contributed by atoms with Gasteiger partial charge in [0.1, 0.15) is 0 Å². The van der Waals surface area contributed by atoms with Crippen molar-refractivity contribution in [2.75, 3.05) is 13.7 Å². The summed E-state index contributed by atoms with van der Waals surface area (Å²) in [5.41, 5.74) is 2.26. The second-order valence-electron chi connectivity index (χ2n) is 5.32. The maximum absolute atomic E-state index is 10.1. The molecule has 0 amide bonds. The van der Waals surface area contributed by atoms with E-state index in [4.69, 9.17) is 4.74 Å². The number of aromatic hydroxyl groups is 1. The van der Waals surface area contributed by atoms with Crippen LogP contribution in [0.4, 0.5) is 0 Å². The van der Waals surface area contributed by atoms with Crippen molar-refractivity contribution in [2.45, 2.75) is 45.1 Å². The lowest BCUT2D eigenvalue weighted by Crippen LogP contribution is -2.27. The molecule has 0 aliphatic carbocycles. The summed E-state index contributed by atoms with van der Waals surface area (Å²) in [6.45, 7) is 5.32. The van der Waals surface area contributed by atoms with Gasteiger partial charge in [0.15, 0.2) is 11.5 Å². The van der Waals surface area contributed by atoms with Crippen molar-refractivity contribution in [3.05, 3.63) is 23.3 Å². The zero-order valence-corrected chi connectivity index (χ0v) is 11.5. The molecule has 3 heteroatoms. The largest absolute Gasteiger partial charge is 0.504 e. The van der Waals surface area contributed by atoms with E-state index in [1.54, 1.807) is 7.11 Å². The Balaban J connectivity index is 2.41. The van der Waals surface area contributed by atoms with Gasteiger partial charge in [-0.25, -0.2) is 0 Å². The molecule has 18 heavy (non-hydrogen) atoms. The molecule has 0 aromatic heterocycles. The summed E-state index contributed by atoms with van der Waals surface area (Å²) < 4.78 is 5.37. The second kappa shape index (κ2) is 5.61. The molecule has 1 heterocycles. The minimum absolute atomic E-state index is 0.256. The van der Waals surface area contributed by atoms with Gasteiger partial charge >= 0.3 is 0 Å². The van der Waals surface area contributed by atoms with Crippen LogP contribution in [-0.4, -0.2) is 18.8 Å². The monoisotopic (exact) mass is 249 g/mol. The highest BCUT2D eigenvalue weighted by atomic mass is 16.5. The first-order chi connectivity index (χ1) is 8.63. The van der Waals surface area contributed by atoms with E-state index in [2.05, 4.69) is 25.2 Å².